The number of aromatic nitrogens is 2. The van der Waals surface area contributed by atoms with E-state index >= 15 is 0 Å². The molecular formula is C26H25N3O4S. The number of rotatable bonds is 7. The van der Waals surface area contributed by atoms with Crippen LogP contribution in [0.2, 0.25) is 0 Å². The van der Waals surface area contributed by atoms with Crippen molar-refractivity contribution in [3.8, 4) is 0 Å². The largest absolute Gasteiger partial charge is 0.457 e. The van der Waals surface area contributed by atoms with Crippen molar-refractivity contribution in [3.05, 3.63) is 92.8 Å². The van der Waals surface area contributed by atoms with Crippen LogP contribution in [0.5, 0.6) is 0 Å². The first kappa shape index (κ1) is 23.4. The fourth-order valence-electron chi connectivity index (χ4n) is 3.71. The van der Waals surface area contributed by atoms with Crippen LogP contribution in [-0.2, 0) is 22.7 Å². The van der Waals surface area contributed by atoms with Gasteiger partial charge in [0.1, 0.15) is 22.9 Å². The van der Waals surface area contributed by atoms with Gasteiger partial charge in [-0.3, -0.25) is 14.2 Å². The average Bonchev–Trinajstić information content (AvgIpc) is 3.17. The van der Waals surface area contributed by atoms with E-state index in [1.807, 2.05) is 54.6 Å². The average molecular weight is 476 g/mol. The van der Waals surface area contributed by atoms with Crippen molar-refractivity contribution in [2.24, 2.45) is 0 Å². The number of para-hydroxylation sites is 1. The van der Waals surface area contributed by atoms with Gasteiger partial charge in [-0.15, -0.1) is 11.3 Å². The predicted molar refractivity (Wildman–Crippen MR) is 133 cm³/mol. The van der Waals surface area contributed by atoms with Crippen molar-refractivity contribution in [2.45, 2.75) is 39.8 Å². The van der Waals surface area contributed by atoms with Crippen molar-refractivity contribution >= 4 is 39.1 Å². The minimum absolute atomic E-state index is 0.142. The summed E-state index contributed by atoms with van der Waals surface area (Å²) < 4.78 is 6.69. The summed E-state index contributed by atoms with van der Waals surface area (Å²) in [6, 6.07) is 17.0. The molecular weight excluding hydrogens is 450 g/mol. The Balaban J connectivity index is 1.53. The number of carbonyl (C=O) groups is 2. The highest BCUT2D eigenvalue weighted by atomic mass is 32.1. The lowest BCUT2D eigenvalue weighted by atomic mass is 10.0. The normalized spacial score (nSPS) is 11.1. The van der Waals surface area contributed by atoms with E-state index in [2.05, 4.69) is 24.1 Å². The van der Waals surface area contributed by atoms with Crippen molar-refractivity contribution in [3.63, 3.8) is 0 Å². The van der Waals surface area contributed by atoms with Crippen LogP contribution in [0.4, 0.5) is 5.69 Å². The van der Waals surface area contributed by atoms with Gasteiger partial charge < -0.3 is 10.1 Å². The number of hydrogen-bond acceptors (Lipinski definition) is 6. The van der Waals surface area contributed by atoms with Gasteiger partial charge in [0.05, 0.1) is 11.7 Å². The lowest BCUT2D eigenvalue weighted by molar-refractivity contribution is -0.116. The molecule has 4 rings (SSSR count). The Bertz CT molecular complexity index is 1410. The van der Waals surface area contributed by atoms with Crippen LogP contribution in [0.15, 0.2) is 65.7 Å². The van der Waals surface area contributed by atoms with Gasteiger partial charge in [-0.25, -0.2) is 9.78 Å². The molecule has 1 amide bonds. The smallest absolute Gasteiger partial charge is 0.349 e. The Hall–Kier alpha value is -3.78. The monoisotopic (exact) mass is 475 g/mol. The molecule has 0 aliphatic carbocycles. The molecule has 0 bridgehead atoms. The SMILES string of the molecule is Cc1c(C(=O)OCc2ccccc2)sc2ncn(CC(=O)Nc3ccccc3C(C)C)c(=O)c12. The highest BCUT2D eigenvalue weighted by molar-refractivity contribution is 7.20. The van der Waals surface area contributed by atoms with E-state index in [0.29, 0.717) is 20.7 Å². The molecule has 34 heavy (non-hydrogen) atoms. The fraction of sp³-hybridized carbons (Fsp3) is 0.231. The van der Waals surface area contributed by atoms with Gasteiger partial charge in [0.25, 0.3) is 5.56 Å². The molecule has 0 unspecified atom stereocenters. The van der Waals surface area contributed by atoms with Crippen LogP contribution in [0.1, 0.15) is 46.1 Å². The molecule has 0 saturated heterocycles. The summed E-state index contributed by atoms with van der Waals surface area (Å²) in [6.07, 6.45) is 1.34. The maximum atomic E-state index is 13.1. The minimum atomic E-state index is -0.502. The number of aryl methyl sites for hydroxylation is 1. The number of thiophene rings is 1. The number of hydrogen-bond donors (Lipinski definition) is 1. The third-order valence-corrected chi connectivity index (χ3v) is 6.67. The van der Waals surface area contributed by atoms with Crippen LogP contribution in [0.25, 0.3) is 10.2 Å². The quantitative estimate of drug-likeness (QED) is 0.385. The standard InChI is InChI=1S/C26H25N3O4S/c1-16(2)19-11-7-8-12-20(19)28-21(30)13-29-15-27-24-22(25(29)31)17(3)23(34-24)26(32)33-14-18-9-5-4-6-10-18/h4-12,15-16H,13-14H2,1-3H3,(H,28,30). The highest BCUT2D eigenvalue weighted by Gasteiger charge is 2.21. The van der Waals surface area contributed by atoms with E-state index in [-0.39, 0.29) is 30.5 Å². The van der Waals surface area contributed by atoms with Crippen LogP contribution in [-0.4, -0.2) is 21.4 Å². The third-order valence-electron chi connectivity index (χ3n) is 5.49. The Morgan fingerprint density at radius 2 is 1.79 bits per heavy atom. The number of ether oxygens (including phenoxy) is 1. The molecule has 0 spiro atoms. The number of fused-ring (bicyclic) bond motifs is 1. The summed E-state index contributed by atoms with van der Waals surface area (Å²) >= 11 is 1.12. The summed E-state index contributed by atoms with van der Waals surface area (Å²) in [5.74, 6) is -0.587. The van der Waals surface area contributed by atoms with E-state index in [1.54, 1.807) is 6.92 Å². The molecule has 0 aliphatic rings. The second-order valence-electron chi connectivity index (χ2n) is 8.27. The van der Waals surface area contributed by atoms with E-state index in [4.69, 9.17) is 4.74 Å². The molecule has 0 radical (unpaired) electrons. The van der Waals surface area contributed by atoms with E-state index in [1.165, 1.54) is 10.9 Å². The van der Waals surface area contributed by atoms with Gasteiger partial charge in [-0.2, -0.15) is 0 Å². The summed E-state index contributed by atoms with van der Waals surface area (Å²) in [4.78, 5) is 43.6. The molecule has 2 aromatic carbocycles. The van der Waals surface area contributed by atoms with Crippen LogP contribution in [0, 0.1) is 6.92 Å². The first-order valence-electron chi connectivity index (χ1n) is 10.9. The Morgan fingerprint density at radius 1 is 1.09 bits per heavy atom. The lowest BCUT2D eigenvalue weighted by Gasteiger charge is -2.14. The summed E-state index contributed by atoms with van der Waals surface area (Å²) in [5, 5.41) is 3.22. The van der Waals surface area contributed by atoms with E-state index in [0.717, 1.165) is 28.2 Å². The molecule has 2 aromatic heterocycles. The maximum absolute atomic E-state index is 13.1. The van der Waals surface area contributed by atoms with Crippen LogP contribution < -0.4 is 10.9 Å². The second kappa shape index (κ2) is 10.0. The molecule has 0 atom stereocenters. The predicted octanol–water partition coefficient (Wildman–Crippen LogP) is 4.89. The minimum Gasteiger partial charge on any atom is -0.457 e. The van der Waals surface area contributed by atoms with Crippen molar-refractivity contribution < 1.29 is 14.3 Å². The number of nitrogens with zero attached hydrogens (tertiary/aromatic N) is 2. The summed E-state index contributed by atoms with van der Waals surface area (Å²) in [7, 11) is 0. The van der Waals surface area contributed by atoms with Crippen molar-refractivity contribution in [1.29, 1.82) is 0 Å². The zero-order valence-electron chi connectivity index (χ0n) is 19.2. The number of anilines is 1. The first-order valence-corrected chi connectivity index (χ1v) is 11.7. The molecule has 0 fully saturated rings. The van der Waals surface area contributed by atoms with Gasteiger partial charge in [0, 0.05) is 5.69 Å². The Morgan fingerprint density at radius 3 is 2.53 bits per heavy atom. The molecule has 7 nitrogen and oxygen atoms in total. The molecule has 8 heteroatoms. The van der Waals surface area contributed by atoms with Gasteiger partial charge in [-0.1, -0.05) is 62.4 Å². The van der Waals surface area contributed by atoms with Gasteiger partial charge >= 0.3 is 5.97 Å². The summed E-state index contributed by atoms with van der Waals surface area (Å²) in [6.45, 7) is 5.76. The fourth-order valence-corrected chi connectivity index (χ4v) is 4.75. The number of nitrogens with one attached hydrogen (secondary N) is 1. The number of amides is 1. The van der Waals surface area contributed by atoms with E-state index in [9.17, 15) is 14.4 Å². The zero-order valence-corrected chi connectivity index (χ0v) is 20.0. The molecule has 0 aliphatic heterocycles. The molecule has 1 N–H and O–H groups in total. The Kier molecular flexibility index (Phi) is 6.88. The van der Waals surface area contributed by atoms with Crippen LogP contribution in [0.3, 0.4) is 0 Å². The lowest BCUT2D eigenvalue weighted by Crippen LogP contribution is -2.28. The van der Waals surface area contributed by atoms with E-state index < -0.39 is 5.97 Å². The zero-order chi connectivity index (χ0) is 24.2. The maximum Gasteiger partial charge on any atom is 0.349 e. The van der Waals surface area contributed by atoms with Gasteiger partial charge in [0.2, 0.25) is 5.91 Å². The molecule has 2 heterocycles. The third kappa shape index (κ3) is 4.92. The molecule has 174 valence electrons. The van der Waals surface area contributed by atoms with Crippen molar-refractivity contribution in [1.82, 2.24) is 9.55 Å². The topological polar surface area (TPSA) is 90.3 Å². The van der Waals surface area contributed by atoms with Gasteiger partial charge in [-0.05, 0) is 35.6 Å². The van der Waals surface area contributed by atoms with Gasteiger partial charge in [0.15, 0.2) is 0 Å². The number of benzene rings is 2. The molecule has 4 aromatic rings. The Labute approximate surface area is 201 Å². The first-order chi connectivity index (χ1) is 16.3. The molecule has 0 saturated carbocycles. The van der Waals surface area contributed by atoms with Crippen LogP contribution >= 0.6 is 11.3 Å². The number of esters is 1. The summed E-state index contributed by atoms with van der Waals surface area (Å²) in [5.41, 5.74) is 2.76. The highest BCUT2D eigenvalue weighted by Crippen LogP contribution is 2.28. The van der Waals surface area contributed by atoms with Crippen molar-refractivity contribution in [2.75, 3.05) is 5.32 Å². The number of carbonyl (C=O) groups excluding carboxylic acids is 2. The second-order valence-corrected chi connectivity index (χ2v) is 9.26.